The Kier molecular flexibility index (Phi) is 2.26. The maximum absolute atomic E-state index is 3.61. The Morgan fingerprint density at radius 1 is 1.15 bits per heavy atom. The van der Waals surface area contributed by atoms with Crippen molar-refractivity contribution < 1.29 is 0 Å². The number of hydrogen-bond donors (Lipinski definition) is 1. The number of benzene rings is 1. The van der Waals surface area contributed by atoms with Crippen molar-refractivity contribution in [2.75, 3.05) is 5.32 Å². The molecule has 13 heavy (non-hydrogen) atoms. The van der Waals surface area contributed by atoms with E-state index in [1.165, 1.54) is 36.1 Å². The van der Waals surface area contributed by atoms with Gasteiger partial charge >= 0.3 is 0 Å². The van der Waals surface area contributed by atoms with E-state index < -0.39 is 0 Å². The zero-order chi connectivity index (χ0) is 9.26. The summed E-state index contributed by atoms with van der Waals surface area (Å²) in [5.41, 5.74) is 4.09. The smallest absolute Gasteiger partial charge is 0.0401 e. The Bertz CT molecular complexity index is 280. The van der Waals surface area contributed by atoms with Gasteiger partial charge in [0.15, 0.2) is 0 Å². The van der Waals surface area contributed by atoms with Gasteiger partial charge < -0.3 is 5.32 Å². The van der Waals surface area contributed by atoms with E-state index >= 15 is 0 Å². The zero-order valence-corrected chi connectivity index (χ0v) is 8.43. The van der Waals surface area contributed by atoms with E-state index in [0.29, 0.717) is 0 Å². The molecule has 0 saturated heterocycles. The Balaban J connectivity index is 2.17. The van der Waals surface area contributed by atoms with Crippen LogP contribution in [0.15, 0.2) is 18.2 Å². The van der Waals surface area contributed by atoms with Crippen molar-refractivity contribution in [2.45, 2.75) is 39.2 Å². The van der Waals surface area contributed by atoms with Gasteiger partial charge in [-0.3, -0.25) is 0 Å². The van der Waals surface area contributed by atoms with Gasteiger partial charge in [-0.2, -0.15) is 0 Å². The molecule has 2 rings (SSSR count). The van der Waals surface area contributed by atoms with Crippen molar-refractivity contribution in [1.82, 2.24) is 0 Å². The molecule has 0 aliphatic heterocycles. The monoisotopic (exact) mass is 175 g/mol. The van der Waals surface area contributed by atoms with Crippen molar-refractivity contribution in [3.63, 3.8) is 0 Å². The van der Waals surface area contributed by atoms with Crippen LogP contribution >= 0.6 is 0 Å². The Morgan fingerprint density at radius 3 is 2.23 bits per heavy atom. The summed E-state index contributed by atoms with van der Waals surface area (Å²) in [4.78, 5) is 0. The molecule has 0 bridgehead atoms. The summed E-state index contributed by atoms with van der Waals surface area (Å²) in [5.74, 6) is 0. The maximum atomic E-state index is 3.61. The van der Waals surface area contributed by atoms with Crippen LogP contribution < -0.4 is 5.32 Å². The Hall–Kier alpha value is -0.980. The van der Waals surface area contributed by atoms with Crippen molar-refractivity contribution in [2.24, 2.45) is 0 Å². The number of rotatable bonds is 2. The van der Waals surface area contributed by atoms with Gasteiger partial charge in [0.1, 0.15) is 0 Å². The molecule has 1 aliphatic rings. The van der Waals surface area contributed by atoms with Crippen LogP contribution in [0.25, 0.3) is 0 Å². The number of nitrogens with one attached hydrogen (secondary N) is 1. The van der Waals surface area contributed by atoms with Crippen LogP contribution in [-0.2, 0) is 0 Å². The summed E-state index contributed by atoms with van der Waals surface area (Å²) in [6.45, 7) is 4.35. The summed E-state index contributed by atoms with van der Waals surface area (Å²) < 4.78 is 0. The summed E-state index contributed by atoms with van der Waals surface area (Å²) in [6.07, 6.45) is 4.07. The molecule has 0 radical (unpaired) electrons. The molecule has 1 aromatic carbocycles. The normalized spacial score (nSPS) is 16.8. The zero-order valence-electron chi connectivity index (χ0n) is 8.43. The second kappa shape index (κ2) is 3.41. The van der Waals surface area contributed by atoms with Gasteiger partial charge in [-0.1, -0.05) is 18.2 Å². The third-order valence-electron chi connectivity index (χ3n) is 2.93. The lowest BCUT2D eigenvalue weighted by atomic mass is 9.92. The fourth-order valence-electron chi connectivity index (χ4n) is 1.80. The molecule has 0 spiro atoms. The lowest BCUT2D eigenvalue weighted by Crippen LogP contribution is -2.27. The van der Waals surface area contributed by atoms with E-state index in [4.69, 9.17) is 0 Å². The van der Waals surface area contributed by atoms with Crippen LogP contribution in [0.1, 0.15) is 30.4 Å². The van der Waals surface area contributed by atoms with Crippen molar-refractivity contribution in [3.05, 3.63) is 29.3 Å². The van der Waals surface area contributed by atoms with E-state index in [9.17, 15) is 0 Å². The van der Waals surface area contributed by atoms with Gasteiger partial charge in [-0.15, -0.1) is 0 Å². The molecule has 1 aliphatic carbocycles. The van der Waals surface area contributed by atoms with Crippen LogP contribution in [0.4, 0.5) is 5.69 Å². The van der Waals surface area contributed by atoms with Crippen molar-refractivity contribution in [3.8, 4) is 0 Å². The minimum absolute atomic E-state index is 0.736. The molecular weight excluding hydrogens is 158 g/mol. The topological polar surface area (TPSA) is 12.0 Å². The van der Waals surface area contributed by atoms with Gasteiger partial charge in [0.25, 0.3) is 0 Å². The molecular formula is C12H17N. The third-order valence-corrected chi connectivity index (χ3v) is 2.93. The second-order valence-electron chi connectivity index (χ2n) is 4.04. The molecule has 0 amide bonds. The number of aryl methyl sites for hydroxylation is 2. The summed E-state index contributed by atoms with van der Waals surface area (Å²) in [6, 6.07) is 7.21. The van der Waals surface area contributed by atoms with Crippen molar-refractivity contribution in [1.29, 1.82) is 0 Å². The molecule has 0 atom stereocenters. The fraction of sp³-hybridized carbons (Fsp3) is 0.500. The number of para-hydroxylation sites is 1. The molecule has 0 aromatic heterocycles. The van der Waals surface area contributed by atoms with Crippen LogP contribution in [0.2, 0.25) is 0 Å². The molecule has 0 heterocycles. The highest BCUT2D eigenvalue weighted by Gasteiger charge is 2.17. The molecule has 1 heteroatoms. The van der Waals surface area contributed by atoms with Gasteiger partial charge in [0.2, 0.25) is 0 Å². The Labute approximate surface area is 80.2 Å². The first-order valence-electron chi connectivity index (χ1n) is 5.10. The largest absolute Gasteiger partial charge is 0.382 e. The predicted molar refractivity (Wildman–Crippen MR) is 57.2 cm³/mol. The molecule has 1 aromatic rings. The van der Waals surface area contributed by atoms with Gasteiger partial charge in [0.05, 0.1) is 0 Å². The number of anilines is 1. The van der Waals surface area contributed by atoms with E-state index in [1.54, 1.807) is 0 Å². The quantitative estimate of drug-likeness (QED) is 0.727. The summed E-state index contributed by atoms with van der Waals surface area (Å²) in [7, 11) is 0. The lowest BCUT2D eigenvalue weighted by molar-refractivity contribution is 0.445. The van der Waals surface area contributed by atoms with Gasteiger partial charge in [-0.05, 0) is 44.2 Å². The summed E-state index contributed by atoms with van der Waals surface area (Å²) >= 11 is 0. The van der Waals surface area contributed by atoms with E-state index in [-0.39, 0.29) is 0 Å². The summed E-state index contributed by atoms with van der Waals surface area (Å²) in [5, 5.41) is 3.61. The van der Waals surface area contributed by atoms with E-state index in [2.05, 4.69) is 37.4 Å². The van der Waals surface area contributed by atoms with Gasteiger partial charge in [-0.25, -0.2) is 0 Å². The average Bonchev–Trinajstić information content (AvgIpc) is 2.00. The molecule has 1 nitrogen and oxygen atoms in total. The average molecular weight is 175 g/mol. The molecule has 1 saturated carbocycles. The Morgan fingerprint density at radius 2 is 1.77 bits per heavy atom. The number of hydrogen-bond acceptors (Lipinski definition) is 1. The fourth-order valence-corrected chi connectivity index (χ4v) is 1.80. The third kappa shape index (κ3) is 1.69. The molecule has 70 valence electrons. The SMILES string of the molecule is Cc1cccc(C)c1NC1CCC1. The minimum Gasteiger partial charge on any atom is -0.382 e. The van der Waals surface area contributed by atoms with Crippen LogP contribution in [-0.4, -0.2) is 6.04 Å². The molecule has 0 unspecified atom stereocenters. The molecule has 1 fully saturated rings. The highest BCUT2D eigenvalue weighted by atomic mass is 14.9. The first-order valence-corrected chi connectivity index (χ1v) is 5.10. The van der Waals surface area contributed by atoms with E-state index in [1.807, 2.05) is 0 Å². The highest BCUT2D eigenvalue weighted by Crippen LogP contribution is 2.27. The van der Waals surface area contributed by atoms with Crippen LogP contribution in [0.3, 0.4) is 0 Å². The molecule has 1 N–H and O–H groups in total. The lowest BCUT2D eigenvalue weighted by Gasteiger charge is -2.29. The van der Waals surface area contributed by atoms with Gasteiger partial charge in [0, 0.05) is 11.7 Å². The maximum Gasteiger partial charge on any atom is 0.0401 e. The second-order valence-corrected chi connectivity index (χ2v) is 4.04. The minimum atomic E-state index is 0.736. The first-order chi connectivity index (χ1) is 6.27. The highest BCUT2D eigenvalue weighted by molar-refractivity contribution is 5.57. The predicted octanol–water partition coefficient (Wildman–Crippen LogP) is 3.27. The van der Waals surface area contributed by atoms with E-state index in [0.717, 1.165) is 6.04 Å². The van der Waals surface area contributed by atoms with Crippen molar-refractivity contribution >= 4 is 5.69 Å². The van der Waals surface area contributed by atoms with Crippen LogP contribution in [0, 0.1) is 13.8 Å². The standard InChI is InChI=1S/C12H17N/c1-9-5-3-6-10(2)12(9)13-11-7-4-8-11/h3,5-6,11,13H,4,7-8H2,1-2H3. The first kappa shape index (κ1) is 8.61. The van der Waals surface area contributed by atoms with Crippen LogP contribution in [0.5, 0.6) is 0 Å².